The van der Waals surface area contributed by atoms with E-state index in [2.05, 4.69) is 22.4 Å². The van der Waals surface area contributed by atoms with Crippen molar-refractivity contribution in [2.24, 2.45) is 0 Å². The topological polar surface area (TPSA) is 91.5 Å². The fourth-order valence-electron chi connectivity index (χ4n) is 3.06. The zero-order valence-electron chi connectivity index (χ0n) is 14.6. The number of urea groups is 1. The highest BCUT2D eigenvalue weighted by atomic mass is 16.4. The third-order valence-corrected chi connectivity index (χ3v) is 4.35. The largest absolute Gasteiger partial charge is 0.423 e. The molecule has 2 heterocycles. The van der Waals surface area contributed by atoms with Crippen molar-refractivity contribution in [3.05, 3.63) is 41.6 Å². The monoisotopic (exact) mass is 344 g/mol. The first kappa shape index (κ1) is 17.4. The lowest BCUT2D eigenvalue weighted by Crippen LogP contribution is -2.35. The molecule has 0 radical (unpaired) electrons. The van der Waals surface area contributed by atoms with Crippen molar-refractivity contribution < 1.29 is 14.3 Å². The van der Waals surface area contributed by atoms with Crippen LogP contribution in [0.3, 0.4) is 0 Å². The lowest BCUT2D eigenvalue weighted by Gasteiger charge is -2.22. The number of hydrogen-bond donors (Lipinski definition) is 2. The number of carbonyl (C=O) groups excluding carboxylic acids is 1. The van der Waals surface area contributed by atoms with E-state index in [4.69, 9.17) is 4.42 Å². The standard InChI is InChI=1S/C18H24N4O3/c1-3-5-12-6-8-13(9-7-12)19-18(24)22-11-14(23)10-15(22)17-21-20-16(4-2)25-17/h6-9,14-15,23H,3-5,10-11H2,1-2H3,(H,19,24)/t14-,15-/m1/s1. The number of anilines is 1. The van der Waals surface area contributed by atoms with Gasteiger partial charge in [-0.1, -0.05) is 32.4 Å². The SMILES string of the molecule is CCCc1ccc(NC(=O)N2C[C@H](O)C[C@@H]2c2nnc(CC)o2)cc1. The van der Waals surface area contributed by atoms with Gasteiger partial charge in [0.25, 0.3) is 0 Å². The molecule has 2 amide bonds. The smallest absolute Gasteiger partial charge is 0.322 e. The number of benzene rings is 1. The van der Waals surface area contributed by atoms with Crippen LogP contribution in [0.25, 0.3) is 0 Å². The lowest BCUT2D eigenvalue weighted by atomic mass is 10.1. The minimum atomic E-state index is -0.598. The third kappa shape index (κ3) is 3.99. The van der Waals surface area contributed by atoms with E-state index in [1.54, 1.807) is 4.90 Å². The highest BCUT2D eigenvalue weighted by Crippen LogP contribution is 2.32. The van der Waals surface area contributed by atoms with E-state index in [0.29, 0.717) is 24.6 Å². The number of aliphatic hydroxyl groups is 1. The Balaban J connectivity index is 1.70. The fourth-order valence-corrected chi connectivity index (χ4v) is 3.06. The van der Waals surface area contributed by atoms with Gasteiger partial charge in [0.15, 0.2) is 0 Å². The average Bonchev–Trinajstić information content (AvgIpc) is 3.23. The number of amides is 2. The summed E-state index contributed by atoms with van der Waals surface area (Å²) in [6, 6.07) is 7.14. The zero-order valence-corrected chi connectivity index (χ0v) is 14.6. The van der Waals surface area contributed by atoms with E-state index < -0.39 is 12.1 Å². The van der Waals surface area contributed by atoms with E-state index in [1.165, 1.54) is 5.56 Å². The number of carbonyl (C=O) groups is 1. The summed E-state index contributed by atoms with van der Waals surface area (Å²) in [4.78, 5) is 14.2. The van der Waals surface area contributed by atoms with Crippen molar-refractivity contribution in [2.75, 3.05) is 11.9 Å². The first-order chi connectivity index (χ1) is 12.1. The van der Waals surface area contributed by atoms with E-state index in [-0.39, 0.29) is 12.6 Å². The Morgan fingerprint density at radius 2 is 2.08 bits per heavy atom. The number of likely N-dealkylation sites (tertiary alicyclic amines) is 1. The summed E-state index contributed by atoms with van der Waals surface area (Å²) < 4.78 is 5.58. The molecule has 1 saturated heterocycles. The maximum atomic E-state index is 12.6. The van der Waals surface area contributed by atoms with Gasteiger partial charge in [0, 0.05) is 25.1 Å². The molecule has 0 bridgehead atoms. The molecule has 134 valence electrons. The molecule has 1 aliphatic heterocycles. The average molecular weight is 344 g/mol. The summed E-state index contributed by atoms with van der Waals surface area (Å²) in [6.45, 7) is 4.30. The Hall–Kier alpha value is -2.41. The minimum Gasteiger partial charge on any atom is -0.423 e. The van der Waals surface area contributed by atoms with Gasteiger partial charge in [-0.3, -0.25) is 0 Å². The molecular weight excluding hydrogens is 320 g/mol. The van der Waals surface area contributed by atoms with Crippen molar-refractivity contribution >= 4 is 11.7 Å². The molecule has 25 heavy (non-hydrogen) atoms. The second-order valence-corrected chi connectivity index (χ2v) is 6.32. The van der Waals surface area contributed by atoms with Gasteiger partial charge in [-0.2, -0.15) is 0 Å². The maximum Gasteiger partial charge on any atom is 0.322 e. The second kappa shape index (κ2) is 7.65. The first-order valence-electron chi connectivity index (χ1n) is 8.77. The molecule has 1 aliphatic rings. The molecule has 3 rings (SSSR count). The Morgan fingerprint density at radius 1 is 1.32 bits per heavy atom. The van der Waals surface area contributed by atoms with Crippen LogP contribution >= 0.6 is 0 Å². The van der Waals surface area contributed by atoms with E-state index >= 15 is 0 Å². The fraction of sp³-hybridized carbons (Fsp3) is 0.500. The number of hydrogen-bond acceptors (Lipinski definition) is 5. The predicted molar refractivity (Wildman–Crippen MR) is 93.2 cm³/mol. The molecule has 0 spiro atoms. The van der Waals surface area contributed by atoms with Gasteiger partial charge in [-0.05, 0) is 24.1 Å². The first-order valence-corrected chi connectivity index (χ1v) is 8.77. The number of aromatic nitrogens is 2. The molecule has 7 nitrogen and oxygen atoms in total. The number of aliphatic hydroxyl groups excluding tert-OH is 1. The second-order valence-electron chi connectivity index (χ2n) is 6.32. The highest BCUT2D eigenvalue weighted by Gasteiger charge is 2.38. The van der Waals surface area contributed by atoms with Gasteiger partial charge in [-0.25, -0.2) is 4.79 Å². The van der Waals surface area contributed by atoms with Crippen molar-refractivity contribution in [3.8, 4) is 0 Å². The number of β-amino-alcohol motifs (C(OH)–C–C–N with tert-alkyl or cyclic N) is 1. The van der Waals surface area contributed by atoms with Crippen LogP contribution in [0.4, 0.5) is 10.5 Å². The zero-order chi connectivity index (χ0) is 17.8. The maximum absolute atomic E-state index is 12.6. The quantitative estimate of drug-likeness (QED) is 0.870. The number of rotatable bonds is 5. The lowest BCUT2D eigenvalue weighted by molar-refractivity contribution is 0.175. The molecule has 2 atom stereocenters. The van der Waals surface area contributed by atoms with Gasteiger partial charge in [0.1, 0.15) is 6.04 Å². The van der Waals surface area contributed by atoms with E-state index in [0.717, 1.165) is 18.5 Å². The van der Waals surface area contributed by atoms with Gasteiger partial charge in [0.2, 0.25) is 11.8 Å². The molecular formula is C18H24N4O3. The predicted octanol–water partition coefficient (Wildman–Crippen LogP) is 2.92. The van der Waals surface area contributed by atoms with Gasteiger partial charge in [-0.15, -0.1) is 10.2 Å². The molecule has 1 aromatic heterocycles. The highest BCUT2D eigenvalue weighted by molar-refractivity contribution is 5.89. The summed E-state index contributed by atoms with van der Waals surface area (Å²) in [7, 11) is 0. The molecule has 1 aromatic carbocycles. The summed E-state index contributed by atoms with van der Waals surface area (Å²) >= 11 is 0. The molecule has 0 unspecified atom stereocenters. The Morgan fingerprint density at radius 3 is 2.72 bits per heavy atom. The van der Waals surface area contributed by atoms with Crippen LogP contribution in [0.2, 0.25) is 0 Å². The Bertz CT molecular complexity index is 713. The van der Waals surface area contributed by atoms with Crippen molar-refractivity contribution in [2.45, 2.75) is 51.7 Å². The van der Waals surface area contributed by atoms with Gasteiger partial charge < -0.3 is 19.7 Å². The normalized spacial score (nSPS) is 20.0. The van der Waals surface area contributed by atoms with Crippen LogP contribution in [0.15, 0.2) is 28.7 Å². The molecule has 0 saturated carbocycles. The van der Waals surface area contributed by atoms with Crippen LogP contribution in [0, 0.1) is 0 Å². The molecule has 2 N–H and O–H groups in total. The summed E-state index contributed by atoms with van der Waals surface area (Å²) in [5.41, 5.74) is 1.97. The molecule has 7 heteroatoms. The van der Waals surface area contributed by atoms with Gasteiger partial charge in [0.05, 0.1) is 6.10 Å². The van der Waals surface area contributed by atoms with Crippen LogP contribution in [-0.2, 0) is 12.8 Å². The van der Waals surface area contributed by atoms with Crippen LogP contribution in [-0.4, -0.2) is 38.9 Å². The number of nitrogens with zero attached hydrogens (tertiary/aromatic N) is 3. The van der Waals surface area contributed by atoms with Crippen LogP contribution in [0.1, 0.15) is 50.1 Å². The Kier molecular flexibility index (Phi) is 5.33. The van der Waals surface area contributed by atoms with Crippen molar-refractivity contribution in [1.29, 1.82) is 0 Å². The van der Waals surface area contributed by atoms with E-state index in [9.17, 15) is 9.90 Å². The van der Waals surface area contributed by atoms with E-state index in [1.807, 2.05) is 31.2 Å². The molecule has 2 aromatic rings. The summed E-state index contributed by atoms with van der Waals surface area (Å²) in [6.07, 6.45) is 2.54. The Labute approximate surface area is 147 Å². The third-order valence-electron chi connectivity index (χ3n) is 4.35. The van der Waals surface area contributed by atoms with Crippen LogP contribution in [0.5, 0.6) is 0 Å². The number of aryl methyl sites for hydroxylation is 2. The van der Waals surface area contributed by atoms with Crippen molar-refractivity contribution in [3.63, 3.8) is 0 Å². The number of nitrogens with one attached hydrogen (secondary N) is 1. The summed E-state index contributed by atoms with van der Waals surface area (Å²) in [5.74, 6) is 0.908. The minimum absolute atomic E-state index is 0.244. The van der Waals surface area contributed by atoms with Crippen molar-refractivity contribution in [1.82, 2.24) is 15.1 Å². The molecule has 1 fully saturated rings. The summed E-state index contributed by atoms with van der Waals surface area (Å²) in [5, 5.41) is 20.9. The van der Waals surface area contributed by atoms with Gasteiger partial charge >= 0.3 is 6.03 Å². The molecule has 0 aliphatic carbocycles. The van der Waals surface area contributed by atoms with Crippen LogP contribution < -0.4 is 5.32 Å².